The second kappa shape index (κ2) is 11.6. The predicted molar refractivity (Wildman–Crippen MR) is 207 cm³/mol. The average molecular weight is 640 g/mol. The lowest BCUT2D eigenvalue weighted by Crippen LogP contribution is -2.57. The van der Waals surface area contributed by atoms with Crippen LogP contribution in [-0.2, 0) is 0 Å². The highest BCUT2D eigenvalue weighted by molar-refractivity contribution is 6.98. The molecule has 0 bridgehead atoms. The highest BCUT2D eigenvalue weighted by atomic mass is 16.5. The number of para-hydroxylation sites is 1. The van der Waals surface area contributed by atoms with Crippen molar-refractivity contribution >= 4 is 50.9 Å². The van der Waals surface area contributed by atoms with Gasteiger partial charge >= 0.3 is 0 Å². The molecule has 0 aromatic heterocycles. The largest absolute Gasteiger partial charge is 0.458 e. The Kier molecular flexibility index (Phi) is 6.60. The molecule has 4 heteroatoms. The summed E-state index contributed by atoms with van der Waals surface area (Å²) in [4.78, 5) is 2.29. The number of ether oxygens (including phenoxy) is 2. The lowest BCUT2D eigenvalue weighted by atomic mass is 9.34. The Hall–Kier alpha value is -6.52. The molecule has 0 fully saturated rings. The van der Waals surface area contributed by atoms with Gasteiger partial charge in [-0.05, 0) is 80.4 Å². The van der Waals surface area contributed by atoms with Gasteiger partial charge in [0.2, 0.25) is 0 Å². The molecule has 2 aliphatic rings. The average Bonchev–Trinajstić information content (AvgIpc) is 3.18. The Morgan fingerprint density at radius 3 is 1.44 bits per heavy atom. The monoisotopic (exact) mass is 639 g/mol. The Morgan fingerprint density at radius 1 is 0.340 bits per heavy atom. The van der Waals surface area contributed by atoms with Crippen LogP contribution in [0.5, 0.6) is 23.0 Å². The molecule has 10 rings (SSSR count). The van der Waals surface area contributed by atoms with E-state index in [4.69, 9.17) is 9.47 Å². The van der Waals surface area contributed by atoms with Crippen LogP contribution in [0.3, 0.4) is 0 Å². The van der Waals surface area contributed by atoms with E-state index in [0.717, 1.165) is 78.7 Å². The Bertz CT molecular complexity index is 2440. The molecule has 0 saturated heterocycles. The zero-order valence-electron chi connectivity index (χ0n) is 27.2. The van der Waals surface area contributed by atoms with Gasteiger partial charge in [-0.3, -0.25) is 0 Å². The number of benzene rings is 8. The molecule has 234 valence electrons. The summed E-state index contributed by atoms with van der Waals surface area (Å²) in [5, 5.41) is 2.39. The van der Waals surface area contributed by atoms with E-state index in [1.54, 1.807) is 0 Å². The number of rotatable bonds is 5. The number of fused-ring (bicyclic) bond motifs is 5. The molecule has 0 aliphatic carbocycles. The molecule has 0 N–H and O–H groups in total. The van der Waals surface area contributed by atoms with Gasteiger partial charge in [-0.25, -0.2) is 0 Å². The van der Waals surface area contributed by atoms with Crippen molar-refractivity contribution in [2.45, 2.75) is 0 Å². The summed E-state index contributed by atoms with van der Waals surface area (Å²) in [5.74, 6) is 3.34. The van der Waals surface area contributed by atoms with Gasteiger partial charge in [0, 0.05) is 29.0 Å². The van der Waals surface area contributed by atoms with Crippen LogP contribution in [0, 0.1) is 0 Å². The molecule has 50 heavy (non-hydrogen) atoms. The molecular weight excluding hydrogens is 609 g/mol. The van der Waals surface area contributed by atoms with Crippen LogP contribution in [0.1, 0.15) is 0 Å². The number of anilines is 3. The predicted octanol–water partition coefficient (Wildman–Crippen LogP) is 10.4. The van der Waals surface area contributed by atoms with Gasteiger partial charge in [0.05, 0.1) is 5.69 Å². The van der Waals surface area contributed by atoms with E-state index < -0.39 is 0 Å². The molecular formula is C46H30BNO2. The van der Waals surface area contributed by atoms with Gasteiger partial charge in [-0.1, -0.05) is 133 Å². The van der Waals surface area contributed by atoms with Crippen LogP contribution in [0.2, 0.25) is 0 Å². The fraction of sp³-hybridized carbons (Fsp3) is 0. The molecule has 0 spiro atoms. The molecule has 3 nitrogen and oxygen atoms in total. The zero-order chi connectivity index (χ0) is 33.0. The maximum Gasteiger partial charge on any atom is 0.260 e. The van der Waals surface area contributed by atoms with E-state index in [1.807, 2.05) is 0 Å². The zero-order valence-corrected chi connectivity index (χ0v) is 27.2. The first-order valence-electron chi connectivity index (χ1n) is 17.0. The highest BCUT2D eigenvalue weighted by Gasteiger charge is 2.41. The van der Waals surface area contributed by atoms with E-state index in [9.17, 15) is 0 Å². The van der Waals surface area contributed by atoms with Crippen LogP contribution >= 0.6 is 0 Å². The van der Waals surface area contributed by atoms with Crippen LogP contribution in [0.4, 0.5) is 17.1 Å². The second-order valence-corrected chi connectivity index (χ2v) is 12.9. The van der Waals surface area contributed by atoms with Crippen molar-refractivity contribution in [1.29, 1.82) is 0 Å². The van der Waals surface area contributed by atoms with Crippen molar-refractivity contribution in [1.82, 2.24) is 0 Å². The minimum atomic E-state index is -0.0398. The fourth-order valence-corrected chi connectivity index (χ4v) is 7.57. The van der Waals surface area contributed by atoms with E-state index in [-0.39, 0.29) is 6.71 Å². The third kappa shape index (κ3) is 4.76. The number of nitrogens with zero attached hydrogens (tertiary/aromatic N) is 1. The molecule has 0 atom stereocenters. The van der Waals surface area contributed by atoms with Gasteiger partial charge in [0.1, 0.15) is 23.0 Å². The molecule has 0 saturated carbocycles. The summed E-state index contributed by atoms with van der Waals surface area (Å²) in [5.41, 5.74) is 11.0. The summed E-state index contributed by atoms with van der Waals surface area (Å²) in [6, 6.07) is 64.2. The first-order chi connectivity index (χ1) is 24.8. The molecule has 0 radical (unpaired) electrons. The van der Waals surface area contributed by atoms with Crippen molar-refractivity contribution in [2.75, 3.05) is 4.90 Å². The van der Waals surface area contributed by atoms with Crippen molar-refractivity contribution < 1.29 is 9.47 Å². The van der Waals surface area contributed by atoms with Crippen LogP contribution in [-0.4, -0.2) is 6.71 Å². The van der Waals surface area contributed by atoms with Gasteiger partial charge in [-0.15, -0.1) is 0 Å². The topological polar surface area (TPSA) is 21.7 Å². The number of hydrogen-bond donors (Lipinski definition) is 0. The highest BCUT2D eigenvalue weighted by Crippen LogP contribution is 2.44. The van der Waals surface area contributed by atoms with Gasteiger partial charge in [-0.2, -0.15) is 0 Å². The summed E-state index contributed by atoms with van der Waals surface area (Å²) < 4.78 is 13.8. The van der Waals surface area contributed by atoms with Crippen LogP contribution < -0.4 is 30.8 Å². The third-order valence-electron chi connectivity index (χ3n) is 9.94. The van der Waals surface area contributed by atoms with Gasteiger partial charge < -0.3 is 14.4 Å². The smallest absolute Gasteiger partial charge is 0.260 e. The lowest BCUT2D eigenvalue weighted by molar-refractivity contribution is 0.465. The molecule has 0 amide bonds. The Morgan fingerprint density at radius 2 is 0.860 bits per heavy atom. The molecule has 8 aromatic rings. The molecule has 0 unspecified atom stereocenters. The SMILES string of the molecule is c1ccc(-c2ccc3c(c2)Oc2cc(N(c4ccccc4)c4ccc5ccccc5c4)cc4c2B3c2ccc(-c3ccccc3)cc2O4)cc1. The van der Waals surface area contributed by atoms with Crippen LogP contribution in [0.15, 0.2) is 182 Å². The van der Waals surface area contributed by atoms with E-state index in [1.165, 1.54) is 10.8 Å². The molecule has 2 heterocycles. The summed E-state index contributed by atoms with van der Waals surface area (Å²) in [7, 11) is 0. The van der Waals surface area contributed by atoms with Crippen molar-refractivity contribution in [2.24, 2.45) is 0 Å². The summed E-state index contributed by atoms with van der Waals surface area (Å²) >= 11 is 0. The second-order valence-electron chi connectivity index (χ2n) is 12.9. The maximum absolute atomic E-state index is 6.92. The lowest BCUT2D eigenvalue weighted by Gasteiger charge is -2.35. The Balaban J connectivity index is 1.18. The minimum Gasteiger partial charge on any atom is -0.458 e. The summed E-state index contributed by atoms with van der Waals surface area (Å²) in [6.45, 7) is -0.0398. The first kappa shape index (κ1) is 28.5. The van der Waals surface area contributed by atoms with Crippen molar-refractivity contribution in [3.8, 4) is 45.3 Å². The fourth-order valence-electron chi connectivity index (χ4n) is 7.57. The van der Waals surface area contributed by atoms with Crippen molar-refractivity contribution in [3.05, 3.63) is 182 Å². The van der Waals surface area contributed by atoms with E-state index in [2.05, 4.69) is 187 Å². The molecule has 8 aromatic carbocycles. The standard InChI is InChI=1S/C46H30BNO2/c1-4-12-31(13-5-1)35-21-24-40-42(27-35)49-44-29-39(48(37-18-8-3-9-19-37)38-23-20-33-16-10-11-17-34(33)26-38)30-45-46(44)47(40)41-25-22-36(28-43(41)50-45)32-14-6-2-7-15-32/h1-30H. The summed E-state index contributed by atoms with van der Waals surface area (Å²) in [6.07, 6.45) is 0. The van der Waals surface area contributed by atoms with Gasteiger partial charge in [0.15, 0.2) is 0 Å². The Labute approximate surface area is 291 Å². The quantitative estimate of drug-likeness (QED) is 0.175. The van der Waals surface area contributed by atoms with E-state index >= 15 is 0 Å². The van der Waals surface area contributed by atoms with Crippen LogP contribution in [0.25, 0.3) is 33.0 Å². The number of hydrogen-bond acceptors (Lipinski definition) is 3. The minimum absolute atomic E-state index is 0.0398. The van der Waals surface area contributed by atoms with E-state index in [0.29, 0.717) is 0 Å². The first-order valence-corrected chi connectivity index (χ1v) is 17.0. The third-order valence-corrected chi connectivity index (χ3v) is 9.94. The van der Waals surface area contributed by atoms with Gasteiger partial charge in [0.25, 0.3) is 6.71 Å². The normalized spacial score (nSPS) is 12.3. The van der Waals surface area contributed by atoms with Crippen molar-refractivity contribution in [3.63, 3.8) is 0 Å². The maximum atomic E-state index is 6.92. The molecule has 2 aliphatic heterocycles.